The lowest BCUT2D eigenvalue weighted by atomic mass is 9.65. The van der Waals surface area contributed by atoms with Crippen molar-refractivity contribution in [3.05, 3.63) is 41.0 Å². The number of nitrogens with zero attached hydrogens (tertiary/aromatic N) is 1. The van der Waals surface area contributed by atoms with Gasteiger partial charge in [-0.1, -0.05) is 0 Å². The van der Waals surface area contributed by atoms with Gasteiger partial charge < -0.3 is 39.0 Å². The summed E-state index contributed by atoms with van der Waals surface area (Å²) >= 11 is 0. The van der Waals surface area contributed by atoms with Crippen molar-refractivity contribution < 1.29 is 38.4 Å². The Hall–Kier alpha value is -3.66. The lowest BCUT2D eigenvalue weighted by molar-refractivity contribution is -0.141. The molecule has 1 fully saturated rings. The molecular formula is C27H32N2O8. The molecule has 2 N–H and O–H groups in total. The molecule has 0 bridgehead atoms. The van der Waals surface area contributed by atoms with Gasteiger partial charge in [0.25, 0.3) is 0 Å². The highest BCUT2D eigenvalue weighted by Crippen LogP contribution is 2.55. The maximum absolute atomic E-state index is 13.2. The molecule has 1 amide bonds. The fourth-order valence-corrected chi connectivity index (χ4v) is 5.64. The molecule has 2 aromatic carbocycles. The largest absolute Gasteiger partial charge is 0.502 e. The van der Waals surface area contributed by atoms with Crippen LogP contribution >= 0.6 is 0 Å². The first-order chi connectivity index (χ1) is 17.8. The first-order valence-corrected chi connectivity index (χ1v) is 12.3. The Morgan fingerprint density at radius 3 is 2.32 bits per heavy atom. The van der Waals surface area contributed by atoms with E-state index in [1.807, 2.05) is 31.1 Å². The van der Waals surface area contributed by atoms with E-state index in [-0.39, 0.29) is 48.4 Å². The van der Waals surface area contributed by atoms with Crippen LogP contribution < -0.4 is 24.3 Å². The van der Waals surface area contributed by atoms with Gasteiger partial charge in [-0.05, 0) is 68.0 Å². The minimum Gasteiger partial charge on any atom is -0.502 e. The van der Waals surface area contributed by atoms with Gasteiger partial charge in [0.05, 0.1) is 32.8 Å². The van der Waals surface area contributed by atoms with Crippen LogP contribution in [0, 0.1) is 11.8 Å². The van der Waals surface area contributed by atoms with Crippen molar-refractivity contribution in [2.24, 2.45) is 11.8 Å². The summed E-state index contributed by atoms with van der Waals surface area (Å²) in [4.78, 5) is 28.2. The van der Waals surface area contributed by atoms with E-state index in [9.17, 15) is 14.7 Å². The second-order valence-electron chi connectivity index (χ2n) is 9.86. The van der Waals surface area contributed by atoms with Crippen molar-refractivity contribution in [1.82, 2.24) is 10.2 Å². The quantitative estimate of drug-likeness (QED) is 0.515. The molecule has 198 valence electrons. The summed E-state index contributed by atoms with van der Waals surface area (Å²) in [6, 6.07) is 6.74. The third-order valence-corrected chi connectivity index (χ3v) is 7.37. The normalized spacial score (nSPS) is 23.3. The van der Waals surface area contributed by atoms with Gasteiger partial charge in [-0.2, -0.15) is 0 Å². The van der Waals surface area contributed by atoms with Gasteiger partial charge in [-0.3, -0.25) is 9.59 Å². The van der Waals surface area contributed by atoms with Gasteiger partial charge in [0.15, 0.2) is 23.0 Å². The molecule has 1 unspecified atom stereocenters. The number of esters is 1. The highest BCUT2D eigenvalue weighted by molar-refractivity contribution is 5.81. The number of phenols is 1. The van der Waals surface area contributed by atoms with Crippen molar-refractivity contribution in [2.45, 2.75) is 24.8 Å². The number of carbonyl (C=O) groups is 2. The third-order valence-electron chi connectivity index (χ3n) is 7.37. The Bertz CT molecular complexity index is 1190. The van der Waals surface area contributed by atoms with Gasteiger partial charge in [-0.25, -0.2) is 0 Å². The van der Waals surface area contributed by atoms with E-state index in [0.29, 0.717) is 17.9 Å². The van der Waals surface area contributed by atoms with Gasteiger partial charge in [0.2, 0.25) is 18.4 Å². The lowest BCUT2D eigenvalue weighted by Crippen LogP contribution is -2.42. The number of fused-ring (bicyclic) bond motifs is 3. The summed E-state index contributed by atoms with van der Waals surface area (Å²) in [5.74, 6) is -0.231. The second-order valence-corrected chi connectivity index (χ2v) is 9.86. The van der Waals surface area contributed by atoms with E-state index in [2.05, 4.69) is 5.32 Å². The van der Waals surface area contributed by atoms with E-state index in [4.69, 9.17) is 23.7 Å². The molecule has 2 heterocycles. The number of aromatic hydroxyl groups is 1. The van der Waals surface area contributed by atoms with Gasteiger partial charge >= 0.3 is 5.97 Å². The van der Waals surface area contributed by atoms with Gasteiger partial charge in [0, 0.05) is 18.3 Å². The molecule has 10 heteroatoms. The molecule has 2 aliphatic heterocycles. The fraction of sp³-hybridized carbons (Fsp3) is 0.481. The summed E-state index contributed by atoms with van der Waals surface area (Å²) in [6.45, 7) is 1.08. The molecule has 0 saturated carbocycles. The number of hydrogen-bond acceptors (Lipinski definition) is 9. The van der Waals surface area contributed by atoms with Crippen LogP contribution in [0.2, 0.25) is 0 Å². The molecule has 37 heavy (non-hydrogen) atoms. The van der Waals surface area contributed by atoms with Gasteiger partial charge in [-0.15, -0.1) is 0 Å². The first kappa shape index (κ1) is 25.0. The van der Waals surface area contributed by atoms with Crippen LogP contribution in [0.3, 0.4) is 0 Å². The van der Waals surface area contributed by atoms with E-state index in [1.54, 1.807) is 12.1 Å². The third kappa shape index (κ3) is 4.50. The van der Waals surface area contributed by atoms with Crippen LogP contribution in [0.25, 0.3) is 0 Å². The maximum Gasteiger partial charge on any atom is 0.310 e. The zero-order valence-corrected chi connectivity index (χ0v) is 21.4. The first-order valence-electron chi connectivity index (χ1n) is 12.3. The van der Waals surface area contributed by atoms with Crippen molar-refractivity contribution in [3.8, 4) is 28.7 Å². The topological polar surface area (TPSA) is 116 Å². The Labute approximate surface area is 215 Å². The van der Waals surface area contributed by atoms with Crippen LogP contribution in [-0.4, -0.2) is 70.1 Å². The minimum atomic E-state index is -0.570. The molecular weight excluding hydrogens is 480 g/mol. The minimum absolute atomic E-state index is 0.0833. The molecule has 5 rings (SSSR count). The van der Waals surface area contributed by atoms with Gasteiger partial charge in [0.1, 0.15) is 0 Å². The number of amides is 1. The number of nitrogens with one attached hydrogen (secondary N) is 1. The number of rotatable bonds is 8. The molecule has 1 aliphatic carbocycles. The molecule has 0 aromatic heterocycles. The number of phenolic OH excluding ortho intramolecular Hbond substituents is 1. The summed E-state index contributed by atoms with van der Waals surface area (Å²) in [7, 11) is 6.86. The van der Waals surface area contributed by atoms with Crippen LogP contribution in [-0.2, 0) is 14.3 Å². The van der Waals surface area contributed by atoms with Crippen molar-refractivity contribution in [2.75, 3.05) is 48.3 Å². The number of methoxy groups -OCH3 is 2. The predicted octanol–water partition coefficient (Wildman–Crippen LogP) is 2.57. The summed E-state index contributed by atoms with van der Waals surface area (Å²) in [6.07, 6.45) is 1.09. The zero-order chi connectivity index (χ0) is 26.3. The summed E-state index contributed by atoms with van der Waals surface area (Å²) in [5, 5.41) is 13.7. The predicted molar refractivity (Wildman–Crippen MR) is 132 cm³/mol. The molecule has 4 atom stereocenters. The van der Waals surface area contributed by atoms with Crippen LogP contribution in [0.15, 0.2) is 24.3 Å². The molecule has 2 aromatic rings. The smallest absolute Gasteiger partial charge is 0.310 e. The molecule has 10 nitrogen and oxygen atoms in total. The number of ether oxygens (including phenoxy) is 5. The summed E-state index contributed by atoms with van der Waals surface area (Å²) < 4.78 is 27.7. The van der Waals surface area contributed by atoms with Crippen LogP contribution in [0.4, 0.5) is 0 Å². The van der Waals surface area contributed by atoms with Crippen LogP contribution in [0.5, 0.6) is 28.7 Å². The lowest BCUT2D eigenvalue weighted by Gasteiger charge is -2.39. The Morgan fingerprint density at radius 2 is 1.70 bits per heavy atom. The number of hydrogen-bond donors (Lipinski definition) is 2. The fourth-order valence-electron chi connectivity index (χ4n) is 5.64. The average molecular weight is 513 g/mol. The molecule has 0 spiro atoms. The summed E-state index contributed by atoms with van der Waals surface area (Å²) in [5.41, 5.74) is 2.38. The zero-order valence-electron chi connectivity index (χ0n) is 21.4. The molecule has 0 radical (unpaired) electrons. The van der Waals surface area contributed by atoms with E-state index in [0.717, 1.165) is 29.7 Å². The standard InChI is InChI=1S/C27H32N2O8/c1-29(2)7-5-6-22(30)28-25-16-11-19-18(36-13-37-19)10-15(16)23(24-17(25)12-35-27(24)32)14-8-20(33-3)26(31)21(9-14)34-4/h8-11,17,23-25,31H,5-7,12-13H2,1-4H3,(H,28,30)/t17-,23?,24-,25+/m0/s1. The van der Waals surface area contributed by atoms with E-state index < -0.39 is 17.9 Å². The molecule has 1 saturated heterocycles. The van der Waals surface area contributed by atoms with Crippen LogP contribution in [0.1, 0.15) is 41.5 Å². The Kier molecular flexibility index (Phi) is 6.76. The second kappa shape index (κ2) is 10.0. The van der Waals surface area contributed by atoms with E-state index >= 15 is 0 Å². The monoisotopic (exact) mass is 512 g/mol. The Morgan fingerprint density at radius 1 is 1.05 bits per heavy atom. The van der Waals surface area contributed by atoms with Crippen molar-refractivity contribution in [3.63, 3.8) is 0 Å². The Balaban J connectivity index is 1.61. The highest BCUT2D eigenvalue weighted by Gasteiger charge is 2.53. The number of benzene rings is 2. The maximum atomic E-state index is 13.2. The van der Waals surface area contributed by atoms with Crippen molar-refractivity contribution in [1.29, 1.82) is 0 Å². The van der Waals surface area contributed by atoms with E-state index in [1.165, 1.54) is 14.2 Å². The number of cyclic esters (lactones) is 1. The molecule has 3 aliphatic rings. The highest BCUT2D eigenvalue weighted by atomic mass is 16.7. The van der Waals surface area contributed by atoms with Crippen molar-refractivity contribution >= 4 is 11.9 Å². The number of carbonyl (C=O) groups excluding carboxylic acids is 2. The average Bonchev–Trinajstić information content (AvgIpc) is 3.49. The SMILES string of the molecule is COc1cc(C2c3cc4c(cc3[C@@H](NC(=O)CCCN(C)C)[C@H]3COC(=O)[C@H]23)OCO4)cc(OC)c1O.